The summed E-state index contributed by atoms with van der Waals surface area (Å²) in [6, 6.07) is 7.61. The highest BCUT2D eigenvalue weighted by Gasteiger charge is 2.15. The molecule has 0 aliphatic carbocycles. The van der Waals surface area contributed by atoms with Crippen molar-refractivity contribution in [2.45, 2.75) is 25.7 Å². The summed E-state index contributed by atoms with van der Waals surface area (Å²) in [6.45, 7) is 7.67. The fourth-order valence-corrected chi connectivity index (χ4v) is 3.04. The number of hydrogen-bond donors (Lipinski definition) is 1. The van der Waals surface area contributed by atoms with E-state index in [2.05, 4.69) is 52.4 Å². The Morgan fingerprint density at radius 1 is 1.32 bits per heavy atom. The van der Waals surface area contributed by atoms with Crippen molar-refractivity contribution in [3.8, 4) is 17.0 Å². The quantitative estimate of drug-likeness (QED) is 0.302. The summed E-state index contributed by atoms with van der Waals surface area (Å²) in [5.41, 5.74) is 0.978. The molecule has 7 heteroatoms. The van der Waals surface area contributed by atoms with Crippen molar-refractivity contribution in [3.63, 3.8) is 0 Å². The Balaban J connectivity index is 2.01. The van der Waals surface area contributed by atoms with Gasteiger partial charge in [0.2, 0.25) is 0 Å². The first-order chi connectivity index (χ1) is 10.4. The maximum absolute atomic E-state index is 14.1. The number of aromatic amines is 1. The number of aromatic nitrogens is 2. The predicted molar refractivity (Wildman–Crippen MR) is 96.3 cm³/mol. The Morgan fingerprint density at radius 2 is 2.09 bits per heavy atom. The average molecular weight is 434 g/mol. The Kier molecular flexibility index (Phi) is 5.99. The highest BCUT2D eigenvalue weighted by molar-refractivity contribution is 14.1. The molecule has 0 atom stereocenters. The van der Waals surface area contributed by atoms with Gasteiger partial charge in [-0.2, -0.15) is 5.10 Å². The largest absolute Gasteiger partial charge is 0.467 e. The zero-order valence-corrected chi connectivity index (χ0v) is 16.1. The van der Waals surface area contributed by atoms with Crippen LogP contribution in [-0.2, 0) is 4.74 Å². The Bertz CT molecular complexity index is 628. The second-order valence-electron chi connectivity index (χ2n) is 6.20. The second-order valence-corrected chi connectivity index (χ2v) is 12.9. The van der Waals surface area contributed by atoms with E-state index in [4.69, 9.17) is 9.47 Å². The summed E-state index contributed by atoms with van der Waals surface area (Å²) in [5.74, 6) is 0.104. The van der Waals surface area contributed by atoms with Gasteiger partial charge in [0, 0.05) is 14.7 Å². The molecule has 4 nitrogen and oxygen atoms in total. The first kappa shape index (κ1) is 17.4. The van der Waals surface area contributed by atoms with Gasteiger partial charge >= 0.3 is 0 Å². The number of benzene rings is 1. The summed E-state index contributed by atoms with van der Waals surface area (Å²) in [6.07, 6.45) is 0. The minimum absolute atomic E-state index is 0.117. The number of nitrogens with zero attached hydrogens (tertiary/aromatic N) is 1. The lowest BCUT2D eigenvalue weighted by Gasteiger charge is -2.16. The van der Waals surface area contributed by atoms with E-state index < -0.39 is 8.07 Å². The van der Waals surface area contributed by atoms with Gasteiger partial charge in [0.25, 0.3) is 0 Å². The third kappa shape index (κ3) is 5.06. The van der Waals surface area contributed by atoms with Crippen molar-refractivity contribution < 1.29 is 13.9 Å². The van der Waals surface area contributed by atoms with Crippen molar-refractivity contribution in [2.75, 3.05) is 13.4 Å². The molecule has 0 fully saturated rings. The van der Waals surface area contributed by atoms with E-state index in [1.54, 1.807) is 18.2 Å². The summed E-state index contributed by atoms with van der Waals surface area (Å²) >= 11 is 2.07. The van der Waals surface area contributed by atoms with Gasteiger partial charge in [-0.05, 0) is 46.8 Å². The predicted octanol–water partition coefficient (Wildman–Crippen LogP) is 4.51. The summed E-state index contributed by atoms with van der Waals surface area (Å²) in [4.78, 5) is 0. The summed E-state index contributed by atoms with van der Waals surface area (Å²) < 4.78 is 26.0. The molecule has 22 heavy (non-hydrogen) atoms. The lowest BCUT2D eigenvalue weighted by Crippen LogP contribution is -2.22. The van der Waals surface area contributed by atoms with E-state index in [1.165, 1.54) is 6.07 Å². The minimum Gasteiger partial charge on any atom is -0.467 e. The normalized spacial score (nSPS) is 11.7. The van der Waals surface area contributed by atoms with Crippen molar-refractivity contribution in [3.05, 3.63) is 33.8 Å². The van der Waals surface area contributed by atoms with Gasteiger partial charge in [-0.3, -0.25) is 5.10 Å². The zero-order chi connectivity index (χ0) is 16.2. The van der Waals surface area contributed by atoms with Crippen LogP contribution >= 0.6 is 22.6 Å². The standard InChI is InChI=1S/C15H20FIN2O2Si/c1-22(2,3)8-7-20-10-21-13-6-4-5-11(16)15(13)12-9-14(17)19-18-12/h4-6,9H,7-8,10H2,1-3H3,(H,18,19). The van der Waals surface area contributed by atoms with E-state index in [0.29, 0.717) is 23.6 Å². The zero-order valence-electron chi connectivity index (χ0n) is 13.0. The SMILES string of the molecule is C[Si](C)(C)CCOCOc1cccc(F)c1-c1cc(I)n[nH]1. The third-order valence-corrected chi connectivity index (χ3v) is 5.34. The van der Waals surface area contributed by atoms with Gasteiger partial charge in [0.1, 0.15) is 15.3 Å². The van der Waals surface area contributed by atoms with Crippen molar-refractivity contribution in [2.24, 2.45) is 0 Å². The molecular weight excluding hydrogens is 414 g/mol. The van der Waals surface area contributed by atoms with Crippen LogP contribution in [-0.4, -0.2) is 31.7 Å². The molecule has 0 amide bonds. The molecule has 0 saturated heterocycles. The molecule has 0 bridgehead atoms. The Morgan fingerprint density at radius 3 is 2.73 bits per heavy atom. The molecule has 2 aromatic rings. The molecule has 1 heterocycles. The molecule has 1 aromatic carbocycles. The van der Waals surface area contributed by atoms with Gasteiger partial charge in [-0.1, -0.05) is 25.7 Å². The van der Waals surface area contributed by atoms with Crippen molar-refractivity contribution >= 4 is 30.7 Å². The molecule has 0 saturated carbocycles. The Hall–Kier alpha value is -0.933. The number of nitrogens with one attached hydrogen (secondary N) is 1. The van der Waals surface area contributed by atoms with E-state index in [1.807, 2.05) is 0 Å². The van der Waals surface area contributed by atoms with Gasteiger partial charge in [0.15, 0.2) is 6.79 Å². The molecule has 0 spiro atoms. The van der Waals surface area contributed by atoms with E-state index in [0.717, 1.165) is 9.74 Å². The van der Waals surface area contributed by atoms with Gasteiger partial charge in [-0.15, -0.1) is 0 Å². The molecule has 1 aromatic heterocycles. The maximum atomic E-state index is 14.1. The molecule has 1 N–H and O–H groups in total. The fraction of sp³-hybridized carbons (Fsp3) is 0.400. The maximum Gasteiger partial charge on any atom is 0.189 e. The molecule has 0 aliphatic rings. The third-order valence-electron chi connectivity index (χ3n) is 3.09. The molecule has 0 radical (unpaired) electrons. The van der Waals surface area contributed by atoms with Gasteiger partial charge < -0.3 is 9.47 Å². The van der Waals surface area contributed by atoms with Crippen LogP contribution in [0.4, 0.5) is 4.39 Å². The van der Waals surface area contributed by atoms with E-state index in [9.17, 15) is 4.39 Å². The van der Waals surface area contributed by atoms with Gasteiger partial charge in [-0.25, -0.2) is 4.39 Å². The van der Waals surface area contributed by atoms with Crippen LogP contribution in [0.15, 0.2) is 24.3 Å². The first-order valence-corrected chi connectivity index (χ1v) is 11.9. The minimum atomic E-state index is -1.11. The number of halogens is 2. The summed E-state index contributed by atoms with van der Waals surface area (Å²) in [5, 5.41) is 6.84. The number of rotatable bonds is 7. The van der Waals surface area contributed by atoms with Crippen molar-refractivity contribution in [1.82, 2.24) is 10.2 Å². The lowest BCUT2D eigenvalue weighted by atomic mass is 10.1. The number of H-pyrrole nitrogens is 1. The highest BCUT2D eigenvalue weighted by atomic mass is 127. The van der Waals surface area contributed by atoms with Crippen LogP contribution in [0, 0.1) is 9.52 Å². The average Bonchev–Trinajstić information content (AvgIpc) is 2.83. The van der Waals surface area contributed by atoms with Crippen LogP contribution in [0.3, 0.4) is 0 Å². The molecule has 0 aliphatic heterocycles. The van der Waals surface area contributed by atoms with Crippen LogP contribution in [0.25, 0.3) is 11.3 Å². The topological polar surface area (TPSA) is 47.1 Å². The number of hydrogen-bond acceptors (Lipinski definition) is 3. The Labute approximate surface area is 144 Å². The molecule has 120 valence electrons. The lowest BCUT2D eigenvalue weighted by molar-refractivity contribution is 0.0222. The van der Waals surface area contributed by atoms with Crippen LogP contribution < -0.4 is 4.74 Å². The molecule has 2 rings (SSSR count). The van der Waals surface area contributed by atoms with E-state index >= 15 is 0 Å². The second kappa shape index (κ2) is 7.56. The first-order valence-electron chi connectivity index (χ1n) is 7.07. The van der Waals surface area contributed by atoms with Crippen LogP contribution in [0.2, 0.25) is 25.7 Å². The highest BCUT2D eigenvalue weighted by Crippen LogP contribution is 2.31. The van der Waals surface area contributed by atoms with Crippen molar-refractivity contribution in [1.29, 1.82) is 0 Å². The smallest absolute Gasteiger partial charge is 0.189 e. The fourth-order valence-electron chi connectivity index (χ4n) is 1.85. The monoisotopic (exact) mass is 434 g/mol. The van der Waals surface area contributed by atoms with E-state index in [-0.39, 0.29) is 12.6 Å². The van der Waals surface area contributed by atoms with Gasteiger partial charge in [0.05, 0.1) is 11.3 Å². The summed E-state index contributed by atoms with van der Waals surface area (Å²) in [7, 11) is -1.11. The number of ether oxygens (including phenoxy) is 2. The van der Waals surface area contributed by atoms with Crippen LogP contribution in [0.5, 0.6) is 5.75 Å². The molecular formula is C15H20FIN2O2Si. The van der Waals surface area contributed by atoms with Crippen LogP contribution in [0.1, 0.15) is 0 Å². The molecule has 0 unspecified atom stereocenters.